The number of rotatable bonds is 2. The van der Waals surface area contributed by atoms with E-state index in [4.69, 9.17) is 15.2 Å². The van der Waals surface area contributed by atoms with Gasteiger partial charge in [-0.2, -0.15) is 0 Å². The van der Waals surface area contributed by atoms with E-state index >= 15 is 0 Å². The second-order valence-electron chi connectivity index (χ2n) is 2.78. The van der Waals surface area contributed by atoms with E-state index in [9.17, 15) is 5.11 Å². The van der Waals surface area contributed by atoms with E-state index < -0.39 is 0 Å². The molecule has 1 aliphatic heterocycles. The zero-order chi connectivity index (χ0) is 8.27. The molecule has 0 bridgehead atoms. The third kappa shape index (κ3) is 2.41. The van der Waals surface area contributed by atoms with Crippen molar-refractivity contribution in [2.75, 3.05) is 13.7 Å². The van der Waals surface area contributed by atoms with Crippen LogP contribution in [0.1, 0.15) is 12.8 Å². The predicted octanol–water partition coefficient (Wildman–Crippen LogP) is -0.543. The maximum Gasteiger partial charge on any atom is 0.160 e. The summed E-state index contributed by atoms with van der Waals surface area (Å²) in [4.78, 5) is 0. The van der Waals surface area contributed by atoms with Crippen molar-refractivity contribution in [3.63, 3.8) is 0 Å². The Morgan fingerprint density at radius 2 is 2.36 bits per heavy atom. The second kappa shape index (κ2) is 4.01. The highest BCUT2D eigenvalue weighted by Gasteiger charge is 2.26. The van der Waals surface area contributed by atoms with Crippen molar-refractivity contribution in [2.45, 2.75) is 31.3 Å². The zero-order valence-electron chi connectivity index (χ0n) is 6.69. The fourth-order valence-corrected chi connectivity index (χ4v) is 1.25. The molecule has 0 radical (unpaired) electrons. The molecule has 66 valence electrons. The van der Waals surface area contributed by atoms with Gasteiger partial charge in [0.05, 0.1) is 12.2 Å². The molecule has 0 amide bonds. The van der Waals surface area contributed by atoms with E-state index in [1.165, 1.54) is 0 Å². The molecule has 3 unspecified atom stereocenters. The molecule has 0 aromatic carbocycles. The summed E-state index contributed by atoms with van der Waals surface area (Å²) in [6.45, 7) is 0.441. The molecule has 0 spiro atoms. The first-order valence-electron chi connectivity index (χ1n) is 3.82. The average Bonchev–Trinajstić information content (AvgIpc) is 2.03. The van der Waals surface area contributed by atoms with Gasteiger partial charge in [-0.15, -0.1) is 0 Å². The molecule has 1 aliphatic rings. The minimum atomic E-state index is -0.331. The number of hydrogen-bond acceptors (Lipinski definition) is 4. The van der Waals surface area contributed by atoms with Crippen LogP contribution >= 0.6 is 0 Å². The van der Waals surface area contributed by atoms with Gasteiger partial charge in [0, 0.05) is 26.5 Å². The second-order valence-corrected chi connectivity index (χ2v) is 2.78. The first-order valence-corrected chi connectivity index (χ1v) is 3.82. The molecule has 0 saturated carbocycles. The number of methoxy groups -OCH3 is 1. The van der Waals surface area contributed by atoms with Gasteiger partial charge in [-0.1, -0.05) is 0 Å². The van der Waals surface area contributed by atoms with Gasteiger partial charge >= 0.3 is 0 Å². The molecular weight excluding hydrogens is 146 g/mol. The lowest BCUT2D eigenvalue weighted by molar-refractivity contribution is -0.200. The number of hydrogen-bond donors (Lipinski definition) is 2. The molecule has 4 nitrogen and oxygen atoms in total. The molecule has 11 heavy (non-hydrogen) atoms. The molecule has 1 rings (SSSR count). The molecule has 1 saturated heterocycles. The van der Waals surface area contributed by atoms with Crippen molar-refractivity contribution < 1.29 is 14.6 Å². The minimum absolute atomic E-state index is 0.0521. The largest absolute Gasteiger partial charge is 0.393 e. The topological polar surface area (TPSA) is 64.7 Å². The van der Waals surface area contributed by atoms with E-state index in [1.54, 1.807) is 7.11 Å². The molecule has 0 aliphatic carbocycles. The Morgan fingerprint density at radius 3 is 2.91 bits per heavy atom. The summed E-state index contributed by atoms with van der Waals surface area (Å²) in [7, 11) is 1.57. The Bertz CT molecular complexity index is 108. The Balaban J connectivity index is 2.37. The Hall–Kier alpha value is -0.160. The van der Waals surface area contributed by atoms with Gasteiger partial charge in [0.1, 0.15) is 0 Å². The van der Waals surface area contributed by atoms with E-state index in [0.29, 0.717) is 19.4 Å². The monoisotopic (exact) mass is 161 g/mol. The van der Waals surface area contributed by atoms with Crippen molar-refractivity contribution in [3.05, 3.63) is 0 Å². The average molecular weight is 161 g/mol. The molecular formula is C7H15NO3. The van der Waals surface area contributed by atoms with E-state index in [0.717, 1.165) is 0 Å². The van der Waals surface area contributed by atoms with Gasteiger partial charge in [-0.05, 0) is 0 Å². The summed E-state index contributed by atoms with van der Waals surface area (Å²) in [5.74, 6) is 0. The number of aliphatic hydroxyl groups is 1. The molecule has 0 aromatic rings. The first-order chi connectivity index (χ1) is 5.26. The smallest absolute Gasteiger partial charge is 0.160 e. The summed E-state index contributed by atoms with van der Waals surface area (Å²) < 4.78 is 10.3. The lowest BCUT2D eigenvalue weighted by Gasteiger charge is -2.31. The lowest BCUT2D eigenvalue weighted by Crippen LogP contribution is -2.40. The summed E-state index contributed by atoms with van der Waals surface area (Å²) in [6, 6.07) is 0. The Morgan fingerprint density at radius 1 is 1.64 bits per heavy atom. The molecule has 0 aromatic heterocycles. The quantitative estimate of drug-likeness (QED) is 0.570. The maximum atomic E-state index is 9.30. The van der Waals surface area contributed by atoms with Crippen LogP contribution in [0, 0.1) is 0 Å². The van der Waals surface area contributed by atoms with Crippen molar-refractivity contribution >= 4 is 0 Å². The normalized spacial score (nSPS) is 39.0. The van der Waals surface area contributed by atoms with Gasteiger partial charge in [0.15, 0.2) is 6.29 Å². The fraction of sp³-hybridized carbons (Fsp3) is 1.00. The summed E-state index contributed by atoms with van der Waals surface area (Å²) in [5, 5.41) is 9.30. The van der Waals surface area contributed by atoms with E-state index in [1.807, 2.05) is 0 Å². The molecule has 3 atom stereocenters. The van der Waals surface area contributed by atoms with Crippen LogP contribution in [-0.2, 0) is 9.47 Å². The highest BCUT2D eigenvalue weighted by molar-refractivity contribution is 4.73. The van der Waals surface area contributed by atoms with Crippen molar-refractivity contribution in [3.8, 4) is 0 Å². The molecule has 3 N–H and O–H groups in total. The molecule has 1 heterocycles. The van der Waals surface area contributed by atoms with Crippen LogP contribution in [0.4, 0.5) is 0 Å². The third-order valence-corrected chi connectivity index (χ3v) is 1.87. The lowest BCUT2D eigenvalue weighted by atomic mass is 10.1. The summed E-state index contributed by atoms with van der Waals surface area (Å²) >= 11 is 0. The predicted molar refractivity (Wildman–Crippen MR) is 40.0 cm³/mol. The van der Waals surface area contributed by atoms with Gasteiger partial charge in [0.2, 0.25) is 0 Å². The van der Waals surface area contributed by atoms with Crippen molar-refractivity contribution in [1.29, 1.82) is 0 Å². The van der Waals surface area contributed by atoms with Gasteiger partial charge < -0.3 is 20.3 Å². The number of ether oxygens (including phenoxy) is 2. The minimum Gasteiger partial charge on any atom is -0.393 e. The van der Waals surface area contributed by atoms with Crippen LogP contribution in [0.2, 0.25) is 0 Å². The number of aliphatic hydroxyl groups excluding tert-OH is 1. The summed E-state index contributed by atoms with van der Waals surface area (Å²) in [6.07, 6.45) is 0.502. The molecule has 1 fully saturated rings. The van der Waals surface area contributed by atoms with E-state index in [-0.39, 0.29) is 18.5 Å². The Kier molecular flexibility index (Phi) is 3.26. The standard InChI is InChI=1S/C7H15NO3/c1-10-7-3-5(9)2-6(4-8)11-7/h5-7,9H,2-4,8H2,1H3. The highest BCUT2D eigenvalue weighted by atomic mass is 16.7. The first kappa shape index (κ1) is 8.93. The molecule has 4 heteroatoms. The van der Waals surface area contributed by atoms with Crippen LogP contribution in [0.5, 0.6) is 0 Å². The van der Waals surface area contributed by atoms with Crippen LogP contribution in [-0.4, -0.2) is 37.3 Å². The number of nitrogens with two attached hydrogens (primary N) is 1. The zero-order valence-corrected chi connectivity index (χ0v) is 6.69. The van der Waals surface area contributed by atoms with Gasteiger partial charge in [-0.3, -0.25) is 0 Å². The van der Waals surface area contributed by atoms with Gasteiger partial charge in [-0.25, -0.2) is 0 Å². The maximum absolute atomic E-state index is 9.30. The van der Waals surface area contributed by atoms with Crippen LogP contribution in [0.3, 0.4) is 0 Å². The third-order valence-electron chi connectivity index (χ3n) is 1.87. The van der Waals surface area contributed by atoms with Crippen molar-refractivity contribution in [1.82, 2.24) is 0 Å². The van der Waals surface area contributed by atoms with Crippen LogP contribution in [0.15, 0.2) is 0 Å². The van der Waals surface area contributed by atoms with Crippen LogP contribution in [0.25, 0.3) is 0 Å². The van der Waals surface area contributed by atoms with E-state index in [2.05, 4.69) is 0 Å². The summed E-state index contributed by atoms with van der Waals surface area (Å²) in [5.41, 5.74) is 5.39. The van der Waals surface area contributed by atoms with Crippen molar-refractivity contribution in [2.24, 2.45) is 5.73 Å². The highest BCUT2D eigenvalue weighted by Crippen LogP contribution is 2.18. The SMILES string of the molecule is COC1CC(O)CC(CN)O1. The van der Waals surface area contributed by atoms with Gasteiger partial charge in [0.25, 0.3) is 0 Å². The fourth-order valence-electron chi connectivity index (χ4n) is 1.25. The van der Waals surface area contributed by atoms with Crippen LogP contribution < -0.4 is 5.73 Å². The Labute approximate surface area is 66.3 Å².